The van der Waals surface area contributed by atoms with Crippen LogP contribution >= 0.6 is 0 Å². The lowest BCUT2D eigenvalue weighted by atomic mass is 9.80. The number of carboxylic acid groups (broad SMARTS) is 2. The highest BCUT2D eigenvalue weighted by Crippen LogP contribution is 2.39. The lowest BCUT2D eigenvalue weighted by molar-refractivity contribution is -0.149. The second-order valence-electron chi connectivity index (χ2n) is 9.66. The van der Waals surface area contributed by atoms with Crippen LogP contribution in [-0.2, 0) is 9.59 Å². The van der Waals surface area contributed by atoms with Crippen LogP contribution in [0.15, 0.2) is 36.5 Å². The molecule has 2 rings (SSSR count). The summed E-state index contributed by atoms with van der Waals surface area (Å²) in [6.07, 6.45) is 29.6. The van der Waals surface area contributed by atoms with E-state index in [4.69, 9.17) is 0 Å². The van der Waals surface area contributed by atoms with Crippen LogP contribution in [-0.4, -0.2) is 22.2 Å². The summed E-state index contributed by atoms with van der Waals surface area (Å²) in [5.41, 5.74) is -1.01. The molecule has 4 nitrogen and oxygen atoms in total. The summed E-state index contributed by atoms with van der Waals surface area (Å²) in [5, 5.41) is 18.9. The minimum Gasteiger partial charge on any atom is -0.481 e. The Kier molecular flexibility index (Phi) is 11.1. The molecule has 0 unspecified atom stereocenters. The number of allylic oxidation sites excluding steroid dienone is 6. The number of rotatable bonds is 17. The quantitative estimate of drug-likeness (QED) is 0.185. The van der Waals surface area contributed by atoms with Gasteiger partial charge in [-0.05, 0) is 64.2 Å². The molecule has 174 valence electrons. The van der Waals surface area contributed by atoms with E-state index in [1.807, 2.05) is 24.3 Å². The zero-order chi connectivity index (χ0) is 22.4. The molecule has 0 atom stereocenters. The third-order valence-corrected chi connectivity index (χ3v) is 7.24. The Hall–Kier alpha value is -1.84. The van der Waals surface area contributed by atoms with Gasteiger partial charge in [0.05, 0.1) is 10.8 Å². The Labute approximate surface area is 188 Å². The Balaban J connectivity index is 1.37. The van der Waals surface area contributed by atoms with Crippen LogP contribution in [0.5, 0.6) is 0 Å². The number of carbonyl (C=O) groups is 2. The van der Waals surface area contributed by atoms with Gasteiger partial charge in [0, 0.05) is 0 Å². The standard InChI is InChI=1S/C27H42O4/c28-24(29)26(20-14-15-21-26)18-12-10-8-6-4-2-1-3-5-7-9-11-13-19-27(25(30)31)22-16-17-23-27/h1-2,14-17H,3-13,18-23H2,(H,28,29)(H,30,31)/b2-1-. The molecular weight excluding hydrogens is 388 g/mol. The third kappa shape index (κ3) is 8.31. The van der Waals surface area contributed by atoms with Gasteiger partial charge in [-0.1, -0.05) is 81.4 Å². The van der Waals surface area contributed by atoms with Crippen molar-refractivity contribution in [1.82, 2.24) is 0 Å². The Morgan fingerprint density at radius 3 is 1.26 bits per heavy atom. The fourth-order valence-corrected chi connectivity index (χ4v) is 4.94. The molecule has 0 saturated heterocycles. The third-order valence-electron chi connectivity index (χ3n) is 7.24. The fourth-order valence-electron chi connectivity index (χ4n) is 4.94. The van der Waals surface area contributed by atoms with Gasteiger partial charge >= 0.3 is 11.9 Å². The maximum Gasteiger partial charge on any atom is 0.310 e. The van der Waals surface area contributed by atoms with Crippen molar-refractivity contribution < 1.29 is 19.8 Å². The first-order chi connectivity index (χ1) is 15.0. The predicted molar refractivity (Wildman–Crippen MR) is 126 cm³/mol. The maximum atomic E-state index is 11.5. The molecule has 0 fully saturated rings. The van der Waals surface area contributed by atoms with Gasteiger partial charge in [0.25, 0.3) is 0 Å². The molecule has 0 aromatic rings. The van der Waals surface area contributed by atoms with E-state index in [1.165, 1.54) is 32.1 Å². The van der Waals surface area contributed by atoms with Crippen molar-refractivity contribution in [2.75, 3.05) is 0 Å². The second kappa shape index (κ2) is 13.5. The SMILES string of the molecule is O=C(O)C1(CCCCCC/C=C\CCCCCCCC2(C(=O)O)CC=CC2)CC=CC1. The second-order valence-corrected chi connectivity index (χ2v) is 9.66. The number of unbranched alkanes of at least 4 members (excludes halogenated alkanes) is 9. The maximum absolute atomic E-state index is 11.5. The van der Waals surface area contributed by atoms with Gasteiger partial charge < -0.3 is 10.2 Å². The molecule has 2 aliphatic carbocycles. The lowest BCUT2D eigenvalue weighted by Crippen LogP contribution is -2.27. The van der Waals surface area contributed by atoms with Gasteiger partial charge in [-0.15, -0.1) is 0 Å². The smallest absolute Gasteiger partial charge is 0.310 e. The first kappa shape index (κ1) is 25.4. The number of aliphatic carboxylic acids is 2. The van der Waals surface area contributed by atoms with Crippen molar-refractivity contribution in [3.63, 3.8) is 0 Å². The van der Waals surface area contributed by atoms with Gasteiger partial charge in [0.15, 0.2) is 0 Å². The highest BCUT2D eigenvalue weighted by molar-refractivity contribution is 5.76. The van der Waals surface area contributed by atoms with Crippen molar-refractivity contribution in [2.24, 2.45) is 10.8 Å². The molecule has 0 bridgehead atoms. The summed E-state index contributed by atoms with van der Waals surface area (Å²) in [7, 11) is 0. The molecule has 0 spiro atoms. The van der Waals surface area contributed by atoms with Crippen molar-refractivity contribution in [3.8, 4) is 0 Å². The monoisotopic (exact) mass is 430 g/mol. The van der Waals surface area contributed by atoms with Crippen molar-refractivity contribution in [3.05, 3.63) is 36.5 Å². The average molecular weight is 431 g/mol. The van der Waals surface area contributed by atoms with Crippen LogP contribution in [0.25, 0.3) is 0 Å². The van der Waals surface area contributed by atoms with Gasteiger partial charge in [-0.3, -0.25) is 9.59 Å². The summed E-state index contributed by atoms with van der Waals surface area (Å²) in [4.78, 5) is 23.0. The topological polar surface area (TPSA) is 74.6 Å². The molecule has 4 heteroatoms. The first-order valence-corrected chi connectivity index (χ1v) is 12.4. The van der Waals surface area contributed by atoms with E-state index >= 15 is 0 Å². The van der Waals surface area contributed by atoms with Crippen LogP contribution in [0.2, 0.25) is 0 Å². The number of carboxylic acids is 2. The van der Waals surface area contributed by atoms with E-state index in [0.717, 1.165) is 51.4 Å². The Bertz CT molecular complexity index is 628. The van der Waals surface area contributed by atoms with Crippen LogP contribution in [0.1, 0.15) is 109 Å². The molecule has 2 aliphatic rings. The number of hydrogen-bond donors (Lipinski definition) is 2. The van der Waals surface area contributed by atoms with Crippen molar-refractivity contribution in [2.45, 2.75) is 109 Å². The summed E-state index contributed by atoms with van der Waals surface area (Å²) in [6, 6.07) is 0. The zero-order valence-electron chi connectivity index (χ0n) is 19.2. The van der Waals surface area contributed by atoms with E-state index in [-0.39, 0.29) is 0 Å². The van der Waals surface area contributed by atoms with Gasteiger partial charge in [-0.2, -0.15) is 0 Å². The molecule has 0 aromatic heterocycles. The molecule has 0 aliphatic heterocycles. The number of hydrogen-bond acceptors (Lipinski definition) is 2. The fraction of sp³-hybridized carbons (Fsp3) is 0.704. The highest BCUT2D eigenvalue weighted by atomic mass is 16.4. The molecule has 0 amide bonds. The van der Waals surface area contributed by atoms with Gasteiger partial charge in [-0.25, -0.2) is 0 Å². The van der Waals surface area contributed by atoms with E-state index in [2.05, 4.69) is 12.2 Å². The van der Waals surface area contributed by atoms with E-state index in [9.17, 15) is 19.8 Å². The van der Waals surface area contributed by atoms with Crippen LogP contribution < -0.4 is 0 Å². The summed E-state index contributed by atoms with van der Waals surface area (Å²) in [6.45, 7) is 0. The first-order valence-electron chi connectivity index (χ1n) is 12.4. The average Bonchev–Trinajstić information content (AvgIpc) is 3.42. The minimum absolute atomic E-state index is 0.506. The predicted octanol–water partition coefficient (Wildman–Crippen LogP) is 7.46. The van der Waals surface area contributed by atoms with Crippen molar-refractivity contribution >= 4 is 11.9 Å². The van der Waals surface area contributed by atoms with Crippen LogP contribution in [0.4, 0.5) is 0 Å². The molecule has 0 aromatic carbocycles. The Morgan fingerprint density at radius 2 is 0.903 bits per heavy atom. The summed E-state index contributed by atoms with van der Waals surface area (Å²) in [5.74, 6) is -1.26. The highest BCUT2D eigenvalue weighted by Gasteiger charge is 2.38. The van der Waals surface area contributed by atoms with Gasteiger partial charge in [0.1, 0.15) is 0 Å². The van der Waals surface area contributed by atoms with Crippen LogP contribution in [0, 0.1) is 10.8 Å². The zero-order valence-corrected chi connectivity index (χ0v) is 19.2. The molecule has 0 radical (unpaired) electrons. The Morgan fingerprint density at radius 1 is 0.581 bits per heavy atom. The lowest BCUT2D eigenvalue weighted by Gasteiger charge is -2.23. The van der Waals surface area contributed by atoms with Gasteiger partial charge in [0.2, 0.25) is 0 Å². The molecule has 31 heavy (non-hydrogen) atoms. The van der Waals surface area contributed by atoms with Crippen LogP contribution in [0.3, 0.4) is 0 Å². The molecule has 0 saturated carbocycles. The van der Waals surface area contributed by atoms with E-state index in [1.54, 1.807) is 0 Å². The molecule has 0 heterocycles. The summed E-state index contributed by atoms with van der Waals surface area (Å²) >= 11 is 0. The normalized spacial score (nSPS) is 18.8. The minimum atomic E-state index is -0.629. The van der Waals surface area contributed by atoms with Crippen molar-refractivity contribution in [1.29, 1.82) is 0 Å². The summed E-state index contributed by atoms with van der Waals surface area (Å²) < 4.78 is 0. The van der Waals surface area contributed by atoms with E-state index < -0.39 is 22.8 Å². The molecular formula is C27H42O4. The van der Waals surface area contributed by atoms with E-state index in [0.29, 0.717) is 25.7 Å². The molecule has 2 N–H and O–H groups in total. The largest absolute Gasteiger partial charge is 0.481 e.